The molecule has 98 valence electrons. The molecule has 0 atom stereocenters. The second-order valence-electron chi connectivity index (χ2n) is 4.55. The minimum atomic E-state index is -0.0759. The van der Waals surface area contributed by atoms with E-state index in [1.807, 2.05) is 0 Å². The maximum absolute atomic E-state index is 11.8. The summed E-state index contributed by atoms with van der Waals surface area (Å²) >= 11 is 0. The van der Waals surface area contributed by atoms with Gasteiger partial charge in [-0.05, 0) is 18.9 Å². The third-order valence-corrected chi connectivity index (χ3v) is 2.94. The monoisotopic (exact) mass is 250 g/mol. The van der Waals surface area contributed by atoms with Crippen LogP contribution in [-0.2, 0) is 16.1 Å². The Morgan fingerprint density at radius 2 is 2.28 bits per heavy atom. The number of hydrogen-bond donors (Lipinski definition) is 1. The first kappa shape index (κ1) is 12.8. The maximum atomic E-state index is 11.8. The van der Waals surface area contributed by atoms with Crippen LogP contribution in [0.5, 0.6) is 0 Å². The lowest BCUT2D eigenvalue weighted by Crippen LogP contribution is -2.30. The number of rotatable bonds is 7. The molecule has 0 bridgehead atoms. The van der Waals surface area contributed by atoms with Crippen molar-refractivity contribution in [3.8, 4) is 0 Å². The van der Waals surface area contributed by atoms with Crippen LogP contribution in [0.3, 0.4) is 0 Å². The third kappa shape index (κ3) is 3.43. The van der Waals surface area contributed by atoms with E-state index in [0.29, 0.717) is 18.7 Å². The third-order valence-electron chi connectivity index (χ3n) is 2.94. The Balaban J connectivity index is 1.82. The number of Topliss-reactive ketones (excluding diaryl/α,β-unsaturated/α-hetero) is 1. The molecule has 5 nitrogen and oxygen atoms in total. The summed E-state index contributed by atoms with van der Waals surface area (Å²) in [6, 6.07) is 1.78. The van der Waals surface area contributed by atoms with Gasteiger partial charge in [-0.1, -0.05) is 0 Å². The molecular formula is C13H18N2O3. The zero-order valence-electron chi connectivity index (χ0n) is 10.5. The van der Waals surface area contributed by atoms with Gasteiger partial charge in [-0.3, -0.25) is 9.59 Å². The molecule has 0 aliphatic heterocycles. The number of ketones is 1. The molecule has 0 unspecified atom stereocenters. The fraction of sp³-hybridized carbons (Fsp3) is 0.538. The Hall–Kier alpha value is -1.62. The molecule has 1 amide bonds. The van der Waals surface area contributed by atoms with E-state index in [4.69, 9.17) is 4.74 Å². The standard InChI is InChI=1S/C13H18N2O3/c1-18-7-5-14-12(16)9-15-6-4-11(8-15)13(17)10-2-3-10/h4,6,8,10H,2-3,5,7,9H2,1H3,(H,14,16). The fourth-order valence-electron chi connectivity index (χ4n) is 1.78. The number of nitrogens with zero attached hydrogens (tertiary/aromatic N) is 1. The molecule has 0 saturated heterocycles. The van der Waals surface area contributed by atoms with Gasteiger partial charge in [0.25, 0.3) is 0 Å². The van der Waals surface area contributed by atoms with Gasteiger partial charge in [0.1, 0.15) is 6.54 Å². The minimum absolute atomic E-state index is 0.0759. The number of ether oxygens (including phenoxy) is 1. The molecule has 18 heavy (non-hydrogen) atoms. The molecule has 0 spiro atoms. The van der Waals surface area contributed by atoms with Gasteiger partial charge >= 0.3 is 0 Å². The minimum Gasteiger partial charge on any atom is -0.383 e. The van der Waals surface area contributed by atoms with Crippen LogP contribution in [0, 0.1) is 5.92 Å². The van der Waals surface area contributed by atoms with Gasteiger partial charge in [0, 0.05) is 37.5 Å². The van der Waals surface area contributed by atoms with Crippen molar-refractivity contribution in [2.45, 2.75) is 19.4 Å². The Morgan fingerprint density at radius 1 is 1.50 bits per heavy atom. The van der Waals surface area contributed by atoms with E-state index < -0.39 is 0 Å². The fourth-order valence-corrected chi connectivity index (χ4v) is 1.78. The van der Waals surface area contributed by atoms with E-state index in [1.165, 1.54) is 0 Å². The summed E-state index contributed by atoms with van der Waals surface area (Å²) < 4.78 is 6.58. The van der Waals surface area contributed by atoms with E-state index in [-0.39, 0.29) is 24.2 Å². The molecule has 0 aromatic carbocycles. The number of hydrogen-bond acceptors (Lipinski definition) is 3. The summed E-state index contributed by atoms with van der Waals surface area (Å²) in [4.78, 5) is 23.3. The Labute approximate surface area is 106 Å². The van der Waals surface area contributed by atoms with Gasteiger partial charge in [0.2, 0.25) is 5.91 Å². The van der Waals surface area contributed by atoms with Crippen LogP contribution in [0.15, 0.2) is 18.5 Å². The molecule has 1 aromatic rings. The molecule has 5 heteroatoms. The Kier molecular flexibility index (Phi) is 4.15. The maximum Gasteiger partial charge on any atom is 0.239 e. The van der Waals surface area contributed by atoms with Crippen LogP contribution < -0.4 is 5.32 Å². The molecular weight excluding hydrogens is 232 g/mol. The summed E-state index contributed by atoms with van der Waals surface area (Å²) in [7, 11) is 1.59. The van der Waals surface area contributed by atoms with Crippen LogP contribution >= 0.6 is 0 Å². The number of nitrogens with one attached hydrogen (secondary N) is 1. The highest BCUT2D eigenvalue weighted by molar-refractivity contribution is 5.99. The molecule has 0 radical (unpaired) electrons. The summed E-state index contributed by atoms with van der Waals surface area (Å²) in [5, 5.41) is 2.74. The van der Waals surface area contributed by atoms with Gasteiger partial charge in [-0.2, -0.15) is 0 Å². The van der Waals surface area contributed by atoms with Crippen LogP contribution in [0.25, 0.3) is 0 Å². The van der Waals surface area contributed by atoms with Crippen molar-refractivity contribution in [2.24, 2.45) is 5.92 Å². The van der Waals surface area contributed by atoms with E-state index >= 15 is 0 Å². The van der Waals surface area contributed by atoms with E-state index in [2.05, 4.69) is 5.32 Å². The lowest BCUT2D eigenvalue weighted by Gasteiger charge is -2.05. The summed E-state index contributed by atoms with van der Waals surface area (Å²) in [6.07, 6.45) is 5.52. The first-order chi connectivity index (χ1) is 8.70. The van der Waals surface area contributed by atoms with Gasteiger partial charge in [0.15, 0.2) is 5.78 Å². The topological polar surface area (TPSA) is 60.3 Å². The van der Waals surface area contributed by atoms with Gasteiger partial charge < -0.3 is 14.6 Å². The number of carbonyl (C=O) groups is 2. The van der Waals surface area contributed by atoms with Crippen molar-refractivity contribution in [3.05, 3.63) is 24.0 Å². The van der Waals surface area contributed by atoms with E-state index in [1.54, 1.807) is 30.1 Å². The molecule has 2 rings (SSSR count). The molecule has 1 N–H and O–H groups in total. The zero-order chi connectivity index (χ0) is 13.0. The first-order valence-electron chi connectivity index (χ1n) is 6.16. The average molecular weight is 250 g/mol. The quantitative estimate of drug-likeness (QED) is 0.576. The molecule has 1 aromatic heterocycles. The number of methoxy groups -OCH3 is 1. The second kappa shape index (κ2) is 5.82. The van der Waals surface area contributed by atoms with Crippen LogP contribution in [0.1, 0.15) is 23.2 Å². The van der Waals surface area contributed by atoms with Crippen LogP contribution in [0.2, 0.25) is 0 Å². The van der Waals surface area contributed by atoms with Crippen molar-refractivity contribution >= 4 is 11.7 Å². The predicted octanol–water partition coefficient (Wildman–Crippen LogP) is 0.843. The highest BCUT2D eigenvalue weighted by atomic mass is 16.5. The second-order valence-corrected chi connectivity index (χ2v) is 4.55. The van der Waals surface area contributed by atoms with Crippen molar-refractivity contribution in [1.82, 2.24) is 9.88 Å². The molecule has 1 aliphatic rings. The molecule has 1 fully saturated rings. The van der Waals surface area contributed by atoms with Crippen molar-refractivity contribution in [3.63, 3.8) is 0 Å². The smallest absolute Gasteiger partial charge is 0.239 e. The highest BCUT2D eigenvalue weighted by Crippen LogP contribution is 2.32. The predicted molar refractivity (Wildman–Crippen MR) is 66.4 cm³/mol. The zero-order valence-corrected chi connectivity index (χ0v) is 10.5. The van der Waals surface area contributed by atoms with Gasteiger partial charge in [-0.25, -0.2) is 0 Å². The molecule has 1 aliphatic carbocycles. The van der Waals surface area contributed by atoms with E-state index in [9.17, 15) is 9.59 Å². The largest absolute Gasteiger partial charge is 0.383 e. The highest BCUT2D eigenvalue weighted by Gasteiger charge is 2.30. The number of carbonyl (C=O) groups excluding carboxylic acids is 2. The first-order valence-corrected chi connectivity index (χ1v) is 6.16. The SMILES string of the molecule is COCCNC(=O)Cn1ccc(C(=O)C2CC2)c1. The lowest BCUT2D eigenvalue weighted by atomic mass is 10.1. The van der Waals surface area contributed by atoms with Gasteiger partial charge in [-0.15, -0.1) is 0 Å². The normalized spacial score (nSPS) is 14.5. The average Bonchev–Trinajstić information content (AvgIpc) is 3.10. The van der Waals surface area contributed by atoms with Crippen LogP contribution in [-0.4, -0.2) is 36.5 Å². The van der Waals surface area contributed by atoms with E-state index in [0.717, 1.165) is 12.8 Å². The van der Waals surface area contributed by atoms with Crippen molar-refractivity contribution in [2.75, 3.05) is 20.3 Å². The van der Waals surface area contributed by atoms with Crippen LogP contribution in [0.4, 0.5) is 0 Å². The summed E-state index contributed by atoms with van der Waals surface area (Å²) in [5.74, 6) is 0.345. The Bertz CT molecular complexity index is 435. The van der Waals surface area contributed by atoms with Gasteiger partial charge in [0.05, 0.1) is 6.61 Å². The number of aromatic nitrogens is 1. The Morgan fingerprint density at radius 3 is 2.94 bits per heavy atom. The molecule has 1 saturated carbocycles. The molecule has 1 heterocycles. The lowest BCUT2D eigenvalue weighted by molar-refractivity contribution is -0.121. The van der Waals surface area contributed by atoms with Crippen molar-refractivity contribution < 1.29 is 14.3 Å². The summed E-state index contributed by atoms with van der Waals surface area (Å²) in [6.45, 7) is 1.24. The number of amides is 1. The van der Waals surface area contributed by atoms with Crippen molar-refractivity contribution in [1.29, 1.82) is 0 Å². The summed E-state index contributed by atoms with van der Waals surface area (Å²) in [5.41, 5.74) is 0.710.